The normalized spacial score (nSPS) is 15.9. The van der Waals surface area contributed by atoms with E-state index in [0.29, 0.717) is 6.61 Å². The van der Waals surface area contributed by atoms with Gasteiger partial charge in [0.2, 0.25) is 0 Å². The van der Waals surface area contributed by atoms with Crippen LogP contribution in [0.15, 0.2) is 10.9 Å². The van der Waals surface area contributed by atoms with Crippen molar-refractivity contribution in [3.63, 3.8) is 0 Å². The Morgan fingerprint density at radius 3 is 2.76 bits per heavy atom. The molecule has 0 aliphatic carbocycles. The number of pyridine rings is 1. The number of nitrogens with zero attached hydrogens (tertiary/aromatic N) is 3. The molecule has 0 radical (unpaired) electrons. The van der Waals surface area contributed by atoms with E-state index in [9.17, 15) is 4.79 Å². The summed E-state index contributed by atoms with van der Waals surface area (Å²) in [4.78, 5) is 24.2. The van der Waals surface area contributed by atoms with Gasteiger partial charge in [0.25, 0.3) is 5.56 Å². The topological polar surface area (TPSA) is 57.0 Å². The highest BCUT2D eigenvalue weighted by atomic mass is 32.1. The van der Waals surface area contributed by atoms with Crippen LogP contribution >= 0.6 is 11.3 Å². The first-order valence-electron chi connectivity index (χ1n) is 10.9. The molecule has 4 heterocycles. The van der Waals surface area contributed by atoms with Crippen LogP contribution in [0.4, 0.5) is 0 Å². The quantitative estimate of drug-likeness (QED) is 0.487. The molecule has 1 aliphatic heterocycles. The monoisotopic (exact) mass is 413 g/mol. The third-order valence-corrected chi connectivity index (χ3v) is 6.81. The number of hydrogen-bond donors (Lipinski definition) is 0. The van der Waals surface area contributed by atoms with E-state index in [1.807, 2.05) is 4.57 Å². The van der Waals surface area contributed by atoms with Crippen molar-refractivity contribution in [3.8, 4) is 0 Å². The molecule has 3 aromatic heterocycles. The molecule has 5 nitrogen and oxygen atoms in total. The molecule has 0 fully saturated rings. The standard InChI is InChI=1S/C23H31N3O2S/c1-5-7-8-9-11-26-18(10-6-2)25-19-16-12-15-14-28-23(3,4)13-17(15)24-21(16)29-20(19)22(26)27/h12H,5-11,13-14H2,1-4H3. The zero-order valence-electron chi connectivity index (χ0n) is 18.0. The van der Waals surface area contributed by atoms with Gasteiger partial charge in [-0.15, -0.1) is 11.3 Å². The lowest BCUT2D eigenvalue weighted by Crippen LogP contribution is -2.32. The fraction of sp³-hybridized carbons (Fsp3) is 0.609. The van der Waals surface area contributed by atoms with Crippen LogP contribution in [0.5, 0.6) is 0 Å². The molecular weight excluding hydrogens is 382 g/mol. The van der Waals surface area contributed by atoms with Crippen molar-refractivity contribution in [1.29, 1.82) is 0 Å². The Kier molecular flexibility index (Phi) is 5.76. The lowest BCUT2D eigenvalue weighted by molar-refractivity contribution is -0.0411. The molecule has 0 saturated carbocycles. The molecule has 4 rings (SSSR count). The van der Waals surface area contributed by atoms with Gasteiger partial charge >= 0.3 is 0 Å². The van der Waals surface area contributed by atoms with Crippen LogP contribution in [0.2, 0.25) is 0 Å². The average molecular weight is 414 g/mol. The molecule has 0 aromatic carbocycles. The highest BCUT2D eigenvalue weighted by Crippen LogP contribution is 2.35. The van der Waals surface area contributed by atoms with Gasteiger partial charge in [-0.05, 0) is 32.8 Å². The van der Waals surface area contributed by atoms with Crippen LogP contribution in [0.25, 0.3) is 20.4 Å². The van der Waals surface area contributed by atoms with E-state index in [2.05, 4.69) is 33.8 Å². The van der Waals surface area contributed by atoms with Crippen molar-refractivity contribution in [2.24, 2.45) is 0 Å². The Labute approximate surface area is 176 Å². The zero-order chi connectivity index (χ0) is 20.6. The molecule has 0 amide bonds. The van der Waals surface area contributed by atoms with Crippen molar-refractivity contribution >= 4 is 31.8 Å². The number of rotatable bonds is 7. The number of unbranched alkanes of at least 4 members (excludes halogenated alkanes) is 3. The van der Waals surface area contributed by atoms with E-state index in [1.165, 1.54) is 24.2 Å². The van der Waals surface area contributed by atoms with Crippen molar-refractivity contribution in [1.82, 2.24) is 14.5 Å². The van der Waals surface area contributed by atoms with E-state index >= 15 is 0 Å². The van der Waals surface area contributed by atoms with Crippen molar-refractivity contribution in [2.75, 3.05) is 0 Å². The summed E-state index contributed by atoms with van der Waals surface area (Å²) in [6, 6.07) is 2.15. The SMILES string of the molecule is CCCCCCn1c(CCC)nc2c(sc3nc4c(cc32)COC(C)(C)C4)c1=O. The summed E-state index contributed by atoms with van der Waals surface area (Å²) in [5, 5.41) is 1.000. The molecule has 6 heteroatoms. The molecule has 1 aliphatic rings. The molecule has 29 heavy (non-hydrogen) atoms. The summed E-state index contributed by atoms with van der Waals surface area (Å²) in [6.07, 6.45) is 7.19. The minimum absolute atomic E-state index is 0.104. The third kappa shape index (κ3) is 3.97. The summed E-state index contributed by atoms with van der Waals surface area (Å²) < 4.78 is 8.64. The zero-order valence-corrected chi connectivity index (χ0v) is 18.8. The van der Waals surface area contributed by atoms with Crippen molar-refractivity contribution < 1.29 is 4.74 Å². The maximum atomic E-state index is 13.4. The summed E-state index contributed by atoms with van der Waals surface area (Å²) in [5.74, 6) is 0.913. The van der Waals surface area contributed by atoms with Gasteiger partial charge in [-0.2, -0.15) is 0 Å². The van der Waals surface area contributed by atoms with Crippen LogP contribution in [0, 0.1) is 0 Å². The Balaban J connectivity index is 1.83. The van der Waals surface area contributed by atoms with Gasteiger partial charge in [-0.3, -0.25) is 9.36 Å². The summed E-state index contributed by atoms with van der Waals surface area (Å²) in [6.45, 7) is 9.88. The first kappa shape index (κ1) is 20.5. The first-order valence-corrected chi connectivity index (χ1v) is 11.7. The van der Waals surface area contributed by atoms with E-state index < -0.39 is 0 Å². The summed E-state index contributed by atoms with van der Waals surface area (Å²) >= 11 is 1.50. The van der Waals surface area contributed by atoms with Gasteiger partial charge in [0, 0.05) is 30.3 Å². The Morgan fingerprint density at radius 2 is 2.00 bits per heavy atom. The Morgan fingerprint density at radius 1 is 1.17 bits per heavy atom. The van der Waals surface area contributed by atoms with E-state index in [4.69, 9.17) is 14.7 Å². The number of ether oxygens (including phenoxy) is 1. The predicted octanol–water partition coefficient (Wildman–Crippen LogP) is 5.39. The van der Waals surface area contributed by atoms with Crippen LogP contribution in [0.3, 0.4) is 0 Å². The van der Waals surface area contributed by atoms with E-state index in [1.54, 1.807) is 0 Å². The second kappa shape index (κ2) is 8.15. The van der Waals surface area contributed by atoms with Gasteiger partial charge in [-0.1, -0.05) is 33.1 Å². The van der Waals surface area contributed by atoms with E-state index in [-0.39, 0.29) is 11.2 Å². The number of aromatic nitrogens is 3. The predicted molar refractivity (Wildman–Crippen MR) is 120 cm³/mol. The minimum atomic E-state index is -0.192. The van der Waals surface area contributed by atoms with Crippen LogP contribution < -0.4 is 5.56 Å². The molecular formula is C23H31N3O2S. The maximum Gasteiger partial charge on any atom is 0.271 e. The smallest absolute Gasteiger partial charge is 0.271 e. The summed E-state index contributed by atoms with van der Waals surface area (Å²) in [5.41, 5.74) is 2.95. The van der Waals surface area contributed by atoms with Crippen LogP contribution in [0.1, 0.15) is 76.9 Å². The first-order chi connectivity index (χ1) is 13.9. The Hall–Kier alpha value is -1.79. The second-order valence-electron chi connectivity index (χ2n) is 8.75. The minimum Gasteiger partial charge on any atom is -0.370 e. The fourth-order valence-electron chi connectivity index (χ4n) is 4.12. The molecule has 0 atom stereocenters. The molecule has 0 bridgehead atoms. The number of hydrogen-bond acceptors (Lipinski definition) is 5. The maximum absolute atomic E-state index is 13.4. The molecule has 156 valence electrons. The molecule has 0 N–H and O–H groups in total. The molecule has 0 unspecified atom stereocenters. The van der Waals surface area contributed by atoms with Gasteiger partial charge in [-0.25, -0.2) is 9.97 Å². The van der Waals surface area contributed by atoms with Crippen molar-refractivity contribution in [3.05, 3.63) is 33.5 Å². The summed E-state index contributed by atoms with van der Waals surface area (Å²) in [7, 11) is 0. The van der Waals surface area contributed by atoms with Gasteiger partial charge in [0.1, 0.15) is 15.4 Å². The van der Waals surface area contributed by atoms with Crippen molar-refractivity contribution in [2.45, 2.75) is 91.4 Å². The second-order valence-corrected chi connectivity index (χ2v) is 9.75. The highest BCUT2D eigenvalue weighted by Gasteiger charge is 2.28. The van der Waals surface area contributed by atoms with Crippen LogP contribution in [-0.2, 0) is 30.7 Å². The molecule has 0 spiro atoms. The van der Waals surface area contributed by atoms with Gasteiger partial charge in [0.15, 0.2) is 0 Å². The number of fused-ring (bicyclic) bond motifs is 4. The molecule has 0 saturated heterocycles. The number of aryl methyl sites for hydroxylation is 1. The Bertz CT molecular complexity index is 1100. The van der Waals surface area contributed by atoms with E-state index in [0.717, 1.165) is 76.2 Å². The fourth-order valence-corrected chi connectivity index (χ4v) is 5.19. The lowest BCUT2D eigenvalue weighted by atomic mass is 9.95. The largest absolute Gasteiger partial charge is 0.370 e. The number of thiophene rings is 1. The van der Waals surface area contributed by atoms with Gasteiger partial charge in [0.05, 0.1) is 23.4 Å². The average Bonchev–Trinajstić information content (AvgIpc) is 3.03. The third-order valence-electron chi connectivity index (χ3n) is 5.74. The van der Waals surface area contributed by atoms with Crippen LogP contribution in [-0.4, -0.2) is 20.1 Å². The molecule has 3 aromatic rings. The van der Waals surface area contributed by atoms with Gasteiger partial charge < -0.3 is 4.74 Å². The highest BCUT2D eigenvalue weighted by molar-refractivity contribution is 7.25. The lowest BCUT2D eigenvalue weighted by Gasteiger charge is -2.30.